The second-order valence-electron chi connectivity index (χ2n) is 4.37. The Morgan fingerprint density at radius 2 is 1.50 bits per heavy atom. The fraction of sp³-hybridized carbons (Fsp3) is 0.786. The van der Waals surface area contributed by atoms with Crippen molar-refractivity contribution in [1.82, 2.24) is 0 Å². The van der Waals surface area contributed by atoms with E-state index in [2.05, 4.69) is 13.8 Å². The molecule has 16 heavy (non-hydrogen) atoms. The normalized spacial score (nSPS) is 10.1. The molecule has 0 unspecified atom stereocenters. The van der Waals surface area contributed by atoms with E-state index in [4.69, 9.17) is 5.11 Å². The Balaban J connectivity index is 3.94. The molecule has 94 valence electrons. The topological polar surface area (TPSA) is 37.3 Å². The summed E-state index contributed by atoms with van der Waals surface area (Å²) in [5, 5.41) is 8.66. The summed E-state index contributed by atoms with van der Waals surface area (Å²) in [6.45, 7) is 4.38. The molecule has 0 aromatic heterocycles. The van der Waals surface area contributed by atoms with Crippen LogP contribution in [-0.4, -0.2) is 11.1 Å². The lowest BCUT2D eigenvalue weighted by atomic mass is 10.0. The van der Waals surface area contributed by atoms with Crippen LogP contribution < -0.4 is 0 Å². The summed E-state index contributed by atoms with van der Waals surface area (Å²) in [5.41, 5.74) is 1.35. The zero-order valence-electron chi connectivity index (χ0n) is 10.8. The van der Waals surface area contributed by atoms with Crippen molar-refractivity contribution in [3.8, 4) is 0 Å². The van der Waals surface area contributed by atoms with Crippen LogP contribution >= 0.6 is 0 Å². The second kappa shape index (κ2) is 10.7. The third-order valence-corrected chi connectivity index (χ3v) is 2.77. The molecule has 0 saturated heterocycles. The molecule has 0 radical (unpaired) electrons. The first-order valence-corrected chi connectivity index (χ1v) is 6.60. The highest BCUT2D eigenvalue weighted by molar-refractivity contribution is 5.68. The van der Waals surface area contributed by atoms with Crippen molar-refractivity contribution in [1.29, 1.82) is 0 Å². The Morgan fingerprint density at radius 1 is 1.00 bits per heavy atom. The molecule has 2 nitrogen and oxygen atoms in total. The maximum absolute atomic E-state index is 10.5. The molecule has 0 spiro atoms. The number of carbonyl (C=O) groups is 1. The van der Waals surface area contributed by atoms with Gasteiger partial charge in [-0.2, -0.15) is 0 Å². The molecule has 0 aliphatic rings. The van der Waals surface area contributed by atoms with Crippen molar-refractivity contribution >= 4 is 5.97 Å². The van der Waals surface area contributed by atoms with E-state index < -0.39 is 5.97 Å². The van der Waals surface area contributed by atoms with Gasteiger partial charge in [-0.1, -0.05) is 51.2 Å². The van der Waals surface area contributed by atoms with Crippen LogP contribution in [-0.2, 0) is 4.79 Å². The van der Waals surface area contributed by atoms with E-state index >= 15 is 0 Å². The number of unbranched alkanes of at least 4 members (excludes halogenated alkanes) is 4. The molecule has 0 aromatic carbocycles. The van der Waals surface area contributed by atoms with Gasteiger partial charge in [-0.3, -0.25) is 4.79 Å². The van der Waals surface area contributed by atoms with Gasteiger partial charge in [0, 0.05) is 0 Å². The van der Waals surface area contributed by atoms with Crippen molar-refractivity contribution in [2.24, 2.45) is 0 Å². The molecule has 0 aliphatic heterocycles. The van der Waals surface area contributed by atoms with Crippen LogP contribution in [0.15, 0.2) is 11.6 Å². The lowest BCUT2D eigenvalue weighted by Gasteiger charge is -2.06. The minimum Gasteiger partial charge on any atom is -0.481 e. The smallest absolute Gasteiger partial charge is 0.307 e. The van der Waals surface area contributed by atoms with Gasteiger partial charge < -0.3 is 5.11 Å². The Kier molecular flexibility index (Phi) is 10.2. The van der Waals surface area contributed by atoms with Crippen molar-refractivity contribution in [2.75, 3.05) is 0 Å². The zero-order chi connectivity index (χ0) is 12.2. The maximum atomic E-state index is 10.5. The van der Waals surface area contributed by atoms with Crippen molar-refractivity contribution in [3.05, 3.63) is 11.6 Å². The molecule has 0 heterocycles. The van der Waals surface area contributed by atoms with E-state index in [0.29, 0.717) is 0 Å². The molecule has 0 bridgehead atoms. The second-order valence-corrected chi connectivity index (χ2v) is 4.37. The predicted molar refractivity (Wildman–Crippen MR) is 68.6 cm³/mol. The number of aliphatic carboxylic acids is 1. The Morgan fingerprint density at radius 3 is 1.88 bits per heavy atom. The minimum atomic E-state index is -0.719. The molecule has 0 rings (SSSR count). The van der Waals surface area contributed by atoms with E-state index in [-0.39, 0.29) is 6.42 Å². The Hall–Kier alpha value is -0.790. The fourth-order valence-electron chi connectivity index (χ4n) is 1.76. The molecular formula is C14H26O2. The summed E-state index contributed by atoms with van der Waals surface area (Å²) in [4.78, 5) is 10.5. The first-order valence-electron chi connectivity index (χ1n) is 6.60. The van der Waals surface area contributed by atoms with E-state index in [0.717, 1.165) is 12.8 Å². The van der Waals surface area contributed by atoms with E-state index in [9.17, 15) is 4.79 Å². The maximum Gasteiger partial charge on any atom is 0.307 e. The molecule has 0 atom stereocenters. The molecule has 0 fully saturated rings. The third kappa shape index (κ3) is 9.75. The molecule has 0 aromatic rings. The molecule has 0 aliphatic carbocycles. The fourth-order valence-corrected chi connectivity index (χ4v) is 1.76. The van der Waals surface area contributed by atoms with Crippen molar-refractivity contribution in [3.63, 3.8) is 0 Å². The highest BCUT2D eigenvalue weighted by atomic mass is 16.4. The number of carboxylic acid groups (broad SMARTS) is 1. The lowest BCUT2D eigenvalue weighted by Crippen LogP contribution is -1.93. The SMILES string of the molecule is CCCCCC(=CCC(=O)O)CCCCC. The largest absolute Gasteiger partial charge is 0.481 e. The number of carboxylic acids is 1. The molecule has 1 N–H and O–H groups in total. The number of hydrogen-bond donors (Lipinski definition) is 1. The van der Waals surface area contributed by atoms with Gasteiger partial charge in [0.25, 0.3) is 0 Å². The summed E-state index contributed by atoms with van der Waals surface area (Å²) in [7, 11) is 0. The van der Waals surface area contributed by atoms with Crippen molar-refractivity contribution < 1.29 is 9.90 Å². The van der Waals surface area contributed by atoms with Gasteiger partial charge in [-0.25, -0.2) is 0 Å². The van der Waals surface area contributed by atoms with Crippen LogP contribution in [0.25, 0.3) is 0 Å². The number of allylic oxidation sites excluding steroid dienone is 1. The van der Waals surface area contributed by atoms with Gasteiger partial charge in [0.15, 0.2) is 0 Å². The molecule has 0 saturated carbocycles. The van der Waals surface area contributed by atoms with E-state index in [1.165, 1.54) is 44.1 Å². The summed E-state index contributed by atoms with van der Waals surface area (Å²) in [6.07, 6.45) is 11.6. The molecular weight excluding hydrogens is 200 g/mol. The van der Waals surface area contributed by atoms with Gasteiger partial charge >= 0.3 is 5.97 Å². The molecule has 2 heteroatoms. The average Bonchev–Trinajstić information content (AvgIpc) is 2.25. The van der Waals surface area contributed by atoms with Gasteiger partial charge in [-0.15, -0.1) is 0 Å². The van der Waals surface area contributed by atoms with Crippen molar-refractivity contribution in [2.45, 2.75) is 71.6 Å². The van der Waals surface area contributed by atoms with Crippen LogP contribution in [0.4, 0.5) is 0 Å². The van der Waals surface area contributed by atoms with Crippen LogP contribution in [0.5, 0.6) is 0 Å². The van der Waals surface area contributed by atoms with Crippen LogP contribution in [0.2, 0.25) is 0 Å². The first kappa shape index (κ1) is 15.2. The van der Waals surface area contributed by atoms with Crippen LogP contribution in [0.1, 0.15) is 71.6 Å². The van der Waals surface area contributed by atoms with Crippen LogP contribution in [0.3, 0.4) is 0 Å². The monoisotopic (exact) mass is 226 g/mol. The zero-order valence-corrected chi connectivity index (χ0v) is 10.8. The highest BCUT2D eigenvalue weighted by Crippen LogP contribution is 2.17. The highest BCUT2D eigenvalue weighted by Gasteiger charge is 2.00. The summed E-state index contributed by atoms with van der Waals surface area (Å²) >= 11 is 0. The van der Waals surface area contributed by atoms with E-state index in [1.54, 1.807) is 0 Å². The summed E-state index contributed by atoms with van der Waals surface area (Å²) in [5.74, 6) is -0.719. The van der Waals surface area contributed by atoms with Gasteiger partial charge in [-0.05, 0) is 25.7 Å². The Bertz CT molecular complexity index is 195. The Labute approximate surface area is 99.7 Å². The number of rotatable bonds is 10. The quantitative estimate of drug-likeness (QED) is 0.438. The first-order chi connectivity index (χ1) is 7.70. The predicted octanol–water partition coefficient (Wildman–Crippen LogP) is 4.55. The number of hydrogen-bond acceptors (Lipinski definition) is 1. The third-order valence-electron chi connectivity index (χ3n) is 2.77. The average molecular weight is 226 g/mol. The summed E-state index contributed by atoms with van der Waals surface area (Å²) < 4.78 is 0. The summed E-state index contributed by atoms with van der Waals surface area (Å²) in [6, 6.07) is 0. The van der Waals surface area contributed by atoms with Gasteiger partial charge in [0.1, 0.15) is 0 Å². The lowest BCUT2D eigenvalue weighted by molar-refractivity contribution is -0.136. The van der Waals surface area contributed by atoms with Gasteiger partial charge in [0.05, 0.1) is 6.42 Å². The minimum absolute atomic E-state index is 0.188. The van der Waals surface area contributed by atoms with Gasteiger partial charge in [0.2, 0.25) is 0 Å². The van der Waals surface area contributed by atoms with E-state index in [1.807, 2.05) is 6.08 Å². The van der Waals surface area contributed by atoms with Crippen LogP contribution in [0, 0.1) is 0 Å². The standard InChI is InChI=1S/C14H26O2/c1-3-5-7-9-13(10-8-6-4-2)11-12-14(15)16/h11H,3-10,12H2,1-2H3,(H,15,16). The molecule has 0 amide bonds.